The Hall–Kier alpha value is -1.68. The van der Waals surface area contributed by atoms with Gasteiger partial charge in [0.2, 0.25) is 5.95 Å². The third kappa shape index (κ3) is 2.41. The maximum Gasteiger partial charge on any atom is 0.223 e. The van der Waals surface area contributed by atoms with E-state index < -0.39 is 0 Å². The fraction of sp³-hybridized carbons (Fsp3) is 0.100. The van der Waals surface area contributed by atoms with Gasteiger partial charge < -0.3 is 5.73 Å². The smallest absolute Gasteiger partial charge is 0.223 e. The molecule has 1 heterocycles. The Morgan fingerprint density at radius 1 is 1.20 bits per heavy atom. The van der Waals surface area contributed by atoms with Crippen molar-refractivity contribution in [2.75, 3.05) is 5.73 Å². The molecule has 0 aliphatic heterocycles. The summed E-state index contributed by atoms with van der Waals surface area (Å²) in [5.41, 5.74) is 6.43. The molecule has 2 N–H and O–H groups in total. The molecule has 76 valence electrons. The van der Waals surface area contributed by atoms with Crippen LogP contribution in [0.1, 0.15) is 11.4 Å². The summed E-state index contributed by atoms with van der Waals surface area (Å²) in [6.07, 6.45) is 1.96. The molecule has 0 fully saturated rings. The molecule has 2 rings (SSSR count). The molecular formula is C10H9ClN4. The average molecular weight is 221 g/mol. The van der Waals surface area contributed by atoms with Crippen LogP contribution < -0.4 is 5.73 Å². The highest BCUT2D eigenvalue weighted by atomic mass is 35.5. The molecular weight excluding hydrogens is 212 g/mol. The highest BCUT2D eigenvalue weighted by Gasteiger charge is 2.03. The van der Waals surface area contributed by atoms with Gasteiger partial charge in [0.05, 0.1) is 0 Å². The van der Waals surface area contributed by atoms with Crippen molar-refractivity contribution in [1.29, 1.82) is 0 Å². The summed E-state index contributed by atoms with van der Waals surface area (Å²) in [7, 11) is 0. The first-order chi connectivity index (χ1) is 7.25. The van der Waals surface area contributed by atoms with Crippen molar-refractivity contribution in [3.05, 3.63) is 47.0 Å². The first kappa shape index (κ1) is 9.86. The zero-order valence-electron chi connectivity index (χ0n) is 7.89. The Kier molecular flexibility index (Phi) is 2.78. The zero-order chi connectivity index (χ0) is 10.7. The largest absolute Gasteiger partial charge is 0.368 e. The lowest BCUT2D eigenvalue weighted by atomic mass is 10.1. The first-order valence-electron chi connectivity index (χ1n) is 4.42. The zero-order valence-corrected chi connectivity index (χ0v) is 8.65. The van der Waals surface area contributed by atoms with E-state index in [4.69, 9.17) is 17.3 Å². The molecule has 0 aliphatic rings. The summed E-state index contributed by atoms with van der Waals surface area (Å²) >= 11 is 6.01. The monoisotopic (exact) mass is 220 g/mol. The number of halogens is 1. The van der Waals surface area contributed by atoms with Gasteiger partial charge in [0, 0.05) is 11.4 Å². The van der Waals surface area contributed by atoms with E-state index in [1.54, 1.807) is 0 Å². The second kappa shape index (κ2) is 4.23. The van der Waals surface area contributed by atoms with Gasteiger partial charge in [-0.3, -0.25) is 0 Å². The van der Waals surface area contributed by atoms with Crippen LogP contribution in [0.15, 0.2) is 30.6 Å². The lowest BCUT2D eigenvalue weighted by Gasteiger charge is -2.02. The number of benzene rings is 1. The fourth-order valence-corrected chi connectivity index (χ4v) is 1.44. The summed E-state index contributed by atoms with van der Waals surface area (Å²) in [6.45, 7) is 0. The molecule has 0 saturated heterocycles. The SMILES string of the molecule is Nc1ncnc(Cc2ccccc2Cl)n1. The van der Waals surface area contributed by atoms with Gasteiger partial charge in [-0.25, -0.2) is 9.97 Å². The van der Waals surface area contributed by atoms with Crippen LogP contribution in [0.2, 0.25) is 5.02 Å². The predicted octanol–water partition coefficient (Wildman–Crippen LogP) is 1.70. The number of nitrogen functional groups attached to an aromatic ring is 1. The number of hydrogen-bond donors (Lipinski definition) is 1. The van der Waals surface area contributed by atoms with E-state index in [-0.39, 0.29) is 5.95 Å². The van der Waals surface area contributed by atoms with Gasteiger partial charge in [0.15, 0.2) is 0 Å². The van der Waals surface area contributed by atoms with Gasteiger partial charge in [0.25, 0.3) is 0 Å². The number of aromatic nitrogens is 3. The molecule has 0 saturated carbocycles. The lowest BCUT2D eigenvalue weighted by Crippen LogP contribution is -2.02. The van der Waals surface area contributed by atoms with Crippen LogP contribution >= 0.6 is 11.6 Å². The van der Waals surface area contributed by atoms with E-state index in [9.17, 15) is 0 Å². The van der Waals surface area contributed by atoms with Crippen molar-refractivity contribution in [1.82, 2.24) is 15.0 Å². The number of nitrogens with zero attached hydrogens (tertiary/aromatic N) is 3. The molecule has 0 unspecified atom stereocenters. The molecule has 4 nitrogen and oxygen atoms in total. The Bertz CT molecular complexity index is 472. The van der Waals surface area contributed by atoms with Crippen molar-refractivity contribution in [3.8, 4) is 0 Å². The Morgan fingerprint density at radius 3 is 2.73 bits per heavy atom. The summed E-state index contributed by atoms with van der Waals surface area (Å²) in [4.78, 5) is 11.7. The third-order valence-electron chi connectivity index (χ3n) is 1.95. The van der Waals surface area contributed by atoms with Gasteiger partial charge in [-0.2, -0.15) is 4.98 Å². The summed E-state index contributed by atoms with van der Waals surface area (Å²) < 4.78 is 0. The molecule has 0 radical (unpaired) electrons. The Morgan fingerprint density at radius 2 is 2.00 bits per heavy atom. The lowest BCUT2D eigenvalue weighted by molar-refractivity contribution is 0.929. The highest BCUT2D eigenvalue weighted by Crippen LogP contribution is 2.17. The standard InChI is InChI=1S/C10H9ClN4/c11-8-4-2-1-3-7(8)5-9-13-6-14-10(12)15-9/h1-4,6H,5H2,(H2,12,13,14,15). The van der Waals surface area contributed by atoms with Gasteiger partial charge in [-0.15, -0.1) is 0 Å². The van der Waals surface area contributed by atoms with Crippen LogP contribution in [-0.2, 0) is 6.42 Å². The summed E-state index contributed by atoms with van der Waals surface area (Å²) in [5, 5.41) is 0.705. The average Bonchev–Trinajstić information content (AvgIpc) is 2.22. The van der Waals surface area contributed by atoms with E-state index in [1.165, 1.54) is 6.33 Å². The summed E-state index contributed by atoms with van der Waals surface area (Å²) in [6, 6.07) is 7.57. The van der Waals surface area contributed by atoms with Gasteiger partial charge in [-0.1, -0.05) is 29.8 Å². The van der Waals surface area contributed by atoms with Crippen molar-refractivity contribution in [2.24, 2.45) is 0 Å². The highest BCUT2D eigenvalue weighted by molar-refractivity contribution is 6.31. The molecule has 0 amide bonds. The van der Waals surface area contributed by atoms with Crippen LogP contribution in [0.5, 0.6) is 0 Å². The van der Waals surface area contributed by atoms with Gasteiger partial charge in [0.1, 0.15) is 12.2 Å². The van der Waals surface area contributed by atoms with E-state index >= 15 is 0 Å². The minimum atomic E-state index is 0.229. The quantitative estimate of drug-likeness (QED) is 0.837. The Labute approximate surface area is 92.2 Å². The van der Waals surface area contributed by atoms with E-state index in [0.717, 1.165) is 5.56 Å². The molecule has 15 heavy (non-hydrogen) atoms. The molecule has 2 aromatic rings. The van der Waals surface area contributed by atoms with Gasteiger partial charge in [-0.05, 0) is 11.6 Å². The van der Waals surface area contributed by atoms with Crippen molar-refractivity contribution < 1.29 is 0 Å². The minimum absolute atomic E-state index is 0.229. The van der Waals surface area contributed by atoms with E-state index in [0.29, 0.717) is 17.3 Å². The Balaban J connectivity index is 2.26. The number of rotatable bonds is 2. The third-order valence-corrected chi connectivity index (χ3v) is 2.32. The second-order valence-corrected chi connectivity index (χ2v) is 3.44. The normalized spacial score (nSPS) is 10.2. The fourth-order valence-electron chi connectivity index (χ4n) is 1.24. The number of anilines is 1. The van der Waals surface area contributed by atoms with E-state index in [2.05, 4.69) is 15.0 Å². The number of nitrogens with two attached hydrogens (primary N) is 1. The molecule has 0 atom stereocenters. The van der Waals surface area contributed by atoms with E-state index in [1.807, 2.05) is 24.3 Å². The topological polar surface area (TPSA) is 64.7 Å². The number of hydrogen-bond acceptors (Lipinski definition) is 4. The van der Waals surface area contributed by atoms with Crippen LogP contribution in [0, 0.1) is 0 Å². The van der Waals surface area contributed by atoms with Gasteiger partial charge >= 0.3 is 0 Å². The van der Waals surface area contributed by atoms with Crippen molar-refractivity contribution >= 4 is 17.5 Å². The molecule has 5 heteroatoms. The molecule has 1 aromatic heterocycles. The van der Waals surface area contributed by atoms with Crippen LogP contribution in [0.25, 0.3) is 0 Å². The molecule has 0 aliphatic carbocycles. The minimum Gasteiger partial charge on any atom is -0.368 e. The van der Waals surface area contributed by atoms with Crippen LogP contribution in [0.3, 0.4) is 0 Å². The predicted molar refractivity (Wildman–Crippen MR) is 58.5 cm³/mol. The second-order valence-electron chi connectivity index (χ2n) is 3.03. The maximum absolute atomic E-state index is 6.01. The molecule has 1 aromatic carbocycles. The van der Waals surface area contributed by atoms with Crippen LogP contribution in [0.4, 0.5) is 5.95 Å². The molecule has 0 bridgehead atoms. The first-order valence-corrected chi connectivity index (χ1v) is 4.80. The van der Waals surface area contributed by atoms with Crippen LogP contribution in [-0.4, -0.2) is 15.0 Å². The summed E-state index contributed by atoms with van der Waals surface area (Å²) in [5.74, 6) is 0.850. The molecule has 0 spiro atoms. The van der Waals surface area contributed by atoms with Crippen molar-refractivity contribution in [3.63, 3.8) is 0 Å². The van der Waals surface area contributed by atoms with Crippen molar-refractivity contribution in [2.45, 2.75) is 6.42 Å². The maximum atomic E-state index is 6.01.